The zero-order valence-electron chi connectivity index (χ0n) is 16.1. The zero-order chi connectivity index (χ0) is 22.1. The first-order valence-corrected chi connectivity index (χ1v) is 9.16. The number of hydrogen-bond donors (Lipinski definition) is 2. The standard InChI is InChI=1S/C17H22N4O2.C2HF3O2/c22-14-16-5-2-1-4-15(16)12-19-8-10-20(11-9-19)17(23)13-21-7-3-6-18-21;3-2(4,5)1(6)7/h1-7,22H,8-14H2;(H,6,7). The second-order valence-electron chi connectivity index (χ2n) is 6.59. The molecule has 30 heavy (non-hydrogen) atoms. The first kappa shape index (κ1) is 23.4. The summed E-state index contributed by atoms with van der Waals surface area (Å²) < 4.78 is 33.4. The molecule has 1 fully saturated rings. The fourth-order valence-corrected chi connectivity index (χ4v) is 2.89. The predicted molar refractivity (Wildman–Crippen MR) is 100 cm³/mol. The molecule has 1 aliphatic heterocycles. The SMILES string of the molecule is O=C(Cn1cccn1)N1CCN(Cc2ccccc2CO)CC1.O=C(O)C(F)(F)F. The van der Waals surface area contributed by atoms with Gasteiger partial charge in [-0.05, 0) is 17.2 Å². The molecule has 8 nitrogen and oxygen atoms in total. The number of rotatable bonds is 5. The van der Waals surface area contributed by atoms with Crippen LogP contribution >= 0.6 is 0 Å². The minimum absolute atomic E-state index is 0.0680. The number of piperazine rings is 1. The van der Waals surface area contributed by atoms with Crippen LogP contribution in [0.1, 0.15) is 11.1 Å². The number of aromatic nitrogens is 2. The number of nitrogens with zero attached hydrogens (tertiary/aromatic N) is 4. The lowest BCUT2D eigenvalue weighted by Crippen LogP contribution is -2.49. The molecule has 0 atom stereocenters. The van der Waals surface area contributed by atoms with Crippen LogP contribution < -0.4 is 0 Å². The van der Waals surface area contributed by atoms with Gasteiger partial charge >= 0.3 is 12.1 Å². The number of alkyl halides is 3. The van der Waals surface area contributed by atoms with E-state index in [9.17, 15) is 23.1 Å². The highest BCUT2D eigenvalue weighted by atomic mass is 19.4. The van der Waals surface area contributed by atoms with Crippen molar-refractivity contribution in [1.82, 2.24) is 19.6 Å². The quantitative estimate of drug-likeness (QED) is 0.746. The predicted octanol–water partition coefficient (Wildman–Crippen LogP) is 1.35. The molecule has 1 aromatic carbocycles. The number of aliphatic hydroxyl groups excluding tert-OH is 1. The van der Waals surface area contributed by atoms with Crippen molar-refractivity contribution in [3.05, 3.63) is 53.9 Å². The van der Waals surface area contributed by atoms with Gasteiger partial charge in [-0.2, -0.15) is 18.3 Å². The molecule has 0 unspecified atom stereocenters. The molecule has 164 valence electrons. The van der Waals surface area contributed by atoms with Crippen molar-refractivity contribution in [2.24, 2.45) is 0 Å². The minimum atomic E-state index is -5.08. The summed E-state index contributed by atoms with van der Waals surface area (Å²) in [5, 5.41) is 20.6. The first-order chi connectivity index (χ1) is 14.2. The third kappa shape index (κ3) is 7.16. The van der Waals surface area contributed by atoms with Crippen LogP contribution in [0.15, 0.2) is 42.7 Å². The highest BCUT2D eigenvalue weighted by Crippen LogP contribution is 2.14. The van der Waals surface area contributed by atoms with E-state index >= 15 is 0 Å². The molecule has 1 aromatic heterocycles. The lowest BCUT2D eigenvalue weighted by molar-refractivity contribution is -0.192. The minimum Gasteiger partial charge on any atom is -0.475 e. The lowest BCUT2D eigenvalue weighted by atomic mass is 10.1. The Kier molecular flexibility index (Phi) is 8.36. The molecular weight excluding hydrogens is 405 g/mol. The molecule has 2 N–H and O–H groups in total. The van der Waals surface area contributed by atoms with Crippen molar-refractivity contribution in [2.45, 2.75) is 25.9 Å². The number of carbonyl (C=O) groups is 2. The molecule has 2 aromatic rings. The van der Waals surface area contributed by atoms with Crippen molar-refractivity contribution in [3.63, 3.8) is 0 Å². The topological polar surface area (TPSA) is 98.9 Å². The number of carboxylic acids is 1. The second kappa shape index (κ2) is 10.7. The molecule has 11 heteroatoms. The summed E-state index contributed by atoms with van der Waals surface area (Å²) in [6, 6.07) is 9.78. The second-order valence-corrected chi connectivity index (χ2v) is 6.59. The summed E-state index contributed by atoms with van der Waals surface area (Å²) in [5.41, 5.74) is 2.14. The van der Waals surface area contributed by atoms with Gasteiger partial charge < -0.3 is 15.1 Å². The van der Waals surface area contributed by atoms with Gasteiger partial charge in [0.05, 0.1) is 6.61 Å². The molecule has 0 saturated carbocycles. The van der Waals surface area contributed by atoms with Gasteiger partial charge in [0.2, 0.25) is 5.91 Å². The van der Waals surface area contributed by atoms with Crippen molar-refractivity contribution >= 4 is 11.9 Å². The van der Waals surface area contributed by atoms with Gasteiger partial charge in [0.25, 0.3) is 0 Å². The van der Waals surface area contributed by atoms with Gasteiger partial charge in [0, 0.05) is 45.1 Å². The number of halogens is 3. The molecule has 1 aliphatic rings. The molecule has 0 aliphatic carbocycles. The molecule has 0 radical (unpaired) electrons. The average molecular weight is 428 g/mol. The largest absolute Gasteiger partial charge is 0.490 e. The first-order valence-electron chi connectivity index (χ1n) is 9.16. The van der Waals surface area contributed by atoms with Gasteiger partial charge in [-0.15, -0.1) is 0 Å². The van der Waals surface area contributed by atoms with Crippen molar-refractivity contribution in [1.29, 1.82) is 0 Å². The number of benzene rings is 1. The fourth-order valence-electron chi connectivity index (χ4n) is 2.89. The Hall–Kier alpha value is -2.92. The zero-order valence-corrected chi connectivity index (χ0v) is 16.1. The van der Waals surface area contributed by atoms with Crippen LogP contribution in [0.4, 0.5) is 13.2 Å². The van der Waals surface area contributed by atoms with E-state index in [-0.39, 0.29) is 12.5 Å². The Labute approximate surface area is 171 Å². The van der Waals surface area contributed by atoms with E-state index < -0.39 is 12.1 Å². The van der Waals surface area contributed by atoms with E-state index in [1.807, 2.05) is 29.2 Å². The van der Waals surface area contributed by atoms with Crippen LogP contribution in [0.3, 0.4) is 0 Å². The molecule has 0 bridgehead atoms. The van der Waals surface area contributed by atoms with Crippen LogP contribution in [0.25, 0.3) is 0 Å². The van der Waals surface area contributed by atoms with Crippen LogP contribution in [-0.2, 0) is 29.3 Å². The normalized spacial score (nSPS) is 14.7. The summed E-state index contributed by atoms with van der Waals surface area (Å²) in [4.78, 5) is 25.4. The highest BCUT2D eigenvalue weighted by Gasteiger charge is 2.38. The van der Waals surface area contributed by atoms with Gasteiger partial charge in [-0.3, -0.25) is 14.4 Å². The van der Waals surface area contributed by atoms with Crippen molar-refractivity contribution < 1.29 is 33.0 Å². The smallest absolute Gasteiger partial charge is 0.475 e. The van der Waals surface area contributed by atoms with Crippen molar-refractivity contribution in [3.8, 4) is 0 Å². The van der Waals surface area contributed by atoms with Crippen molar-refractivity contribution in [2.75, 3.05) is 26.2 Å². The summed E-state index contributed by atoms with van der Waals surface area (Å²) >= 11 is 0. The molecule has 1 amide bonds. The Morgan fingerprint density at radius 1 is 1.03 bits per heavy atom. The van der Waals surface area contributed by atoms with E-state index in [2.05, 4.69) is 16.1 Å². The molecule has 1 saturated heterocycles. The molecular formula is C19H23F3N4O4. The Morgan fingerprint density at radius 2 is 1.63 bits per heavy atom. The third-order valence-electron chi connectivity index (χ3n) is 4.51. The molecule has 3 rings (SSSR count). The maximum Gasteiger partial charge on any atom is 0.490 e. The number of carbonyl (C=O) groups excluding carboxylic acids is 1. The molecule has 2 heterocycles. The Morgan fingerprint density at radius 3 is 2.13 bits per heavy atom. The Bertz CT molecular complexity index is 819. The number of hydrogen-bond acceptors (Lipinski definition) is 5. The van der Waals surface area contributed by atoms with Gasteiger partial charge in [-0.25, -0.2) is 4.79 Å². The monoisotopic (exact) mass is 428 g/mol. The van der Waals surface area contributed by atoms with Gasteiger partial charge in [0.15, 0.2) is 0 Å². The van der Waals surface area contributed by atoms with Crippen LogP contribution in [0.5, 0.6) is 0 Å². The van der Waals surface area contributed by atoms with Crippen LogP contribution in [0.2, 0.25) is 0 Å². The summed E-state index contributed by atoms with van der Waals surface area (Å²) in [6.07, 6.45) is -1.59. The highest BCUT2D eigenvalue weighted by molar-refractivity contribution is 5.76. The number of amides is 1. The summed E-state index contributed by atoms with van der Waals surface area (Å²) in [5.74, 6) is -2.64. The van der Waals surface area contributed by atoms with Gasteiger partial charge in [0.1, 0.15) is 6.54 Å². The third-order valence-corrected chi connectivity index (χ3v) is 4.51. The number of aliphatic carboxylic acids is 1. The average Bonchev–Trinajstić information content (AvgIpc) is 3.21. The number of carboxylic acid groups (broad SMARTS) is 1. The Balaban J connectivity index is 0.000000396. The maximum absolute atomic E-state index is 12.2. The van der Waals surface area contributed by atoms with Crippen LogP contribution in [0, 0.1) is 0 Å². The maximum atomic E-state index is 12.2. The van der Waals surface area contributed by atoms with E-state index in [4.69, 9.17) is 9.90 Å². The fraction of sp³-hybridized carbons (Fsp3) is 0.421. The van der Waals surface area contributed by atoms with E-state index in [1.54, 1.807) is 17.1 Å². The van der Waals surface area contributed by atoms with Crippen LogP contribution in [-0.4, -0.2) is 74.0 Å². The summed E-state index contributed by atoms with van der Waals surface area (Å²) in [6.45, 7) is 4.37. The summed E-state index contributed by atoms with van der Waals surface area (Å²) in [7, 11) is 0. The van der Waals surface area contributed by atoms with E-state index in [0.29, 0.717) is 6.54 Å². The lowest BCUT2D eigenvalue weighted by Gasteiger charge is -2.35. The number of aliphatic hydroxyl groups is 1. The van der Waals surface area contributed by atoms with Gasteiger partial charge in [-0.1, -0.05) is 24.3 Å². The van der Waals surface area contributed by atoms with E-state index in [1.165, 1.54) is 0 Å². The van der Waals surface area contributed by atoms with E-state index in [0.717, 1.165) is 43.9 Å². The molecule has 0 spiro atoms.